The van der Waals surface area contributed by atoms with E-state index in [0.717, 1.165) is 64.2 Å². The molecule has 0 radical (unpaired) electrons. The van der Waals surface area contributed by atoms with Crippen LogP contribution < -0.4 is 0 Å². The Balaban J connectivity index is 2.48. The van der Waals surface area contributed by atoms with Crippen LogP contribution in [0.15, 0.2) is 0 Å². The molecule has 246 valence electrons. The van der Waals surface area contributed by atoms with Gasteiger partial charge in [0.15, 0.2) is 0 Å². The molecule has 0 amide bonds. The molecule has 2 aliphatic rings. The van der Waals surface area contributed by atoms with Crippen LogP contribution in [0.3, 0.4) is 0 Å². The number of hydrogen-bond donors (Lipinski definition) is 2. The van der Waals surface area contributed by atoms with Gasteiger partial charge in [-0.15, -0.1) is 0 Å². The predicted molar refractivity (Wildman–Crippen MR) is 168 cm³/mol. The number of aliphatic carboxylic acids is 2. The molecule has 0 bridgehead atoms. The van der Waals surface area contributed by atoms with Crippen molar-refractivity contribution in [1.82, 2.24) is 10.1 Å². The van der Waals surface area contributed by atoms with Crippen LogP contribution in [0.5, 0.6) is 0 Å². The van der Waals surface area contributed by atoms with Crippen molar-refractivity contribution in [2.75, 3.05) is 13.2 Å². The summed E-state index contributed by atoms with van der Waals surface area (Å²) in [6.45, 7) is 23.2. The standard InChI is InChI=1S/C34H64N2O6/c1-11-20-41-35-30(3,4)22-26(23-31(35,5)6)34(29(39)40,19-17-15-13-14-16-18-28(37)38)27-24-32(7,8)36(42-21-12-2)33(9,10)25-27/h26-27H,11-25H2,1-10H3,(H,37,38)(H,39,40). The van der Waals surface area contributed by atoms with Crippen molar-refractivity contribution in [2.24, 2.45) is 17.3 Å². The van der Waals surface area contributed by atoms with Gasteiger partial charge in [-0.05, 0) is 119 Å². The molecule has 0 aliphatic carbocycles. The van der Waals surface area contributed by atoms with Gasteiger partial charge in [-0.2, -0.15) is 10.1 Å². The van der Waals surface area contributed by atoms with E-state index >= 15 is 0 Å². The average Bonchev–Trinajstić information content (AvgIpc) is 2.82. The molecule has 0 aromatic rings. The van der Waals surface area contributed by atoms with Crippen molar-refractivity contribution >= 4 is 11.9 Å². The first kappa shape index (κ1) is 37.0. The van der Waals surface area contributed by atoms with Crippen molar-refractivity contribution in [3.8, 4) is 0 Å². The number of carbonyl (C=O) groups is 2. The van der Waals surface area contributed by atoms with E-state index in [1.807, 2.05) is 0 Å². The van der Waals surface area contributed by atoms with Crippen molar-refractivity contribution in [3.05, 3.63) is 0 Å². The number of hydrogen-bond acceptors (Lipinski definition) is 6. The molecule has 0 aromatic carbocycles. The van der Waals surface area contributed by atoms with E-state index in [9.17, 15) is 14.7 Å². The lowest BCUT2D eigenvalue weighted by atomic mass is 9.52. The third kappa shape index (κ3) is 8.70. The summed E-state index contributed by atoms with van der Waals surface area (Å²) in [7, 11) is 0. The zero-order valence-corrected chi connectivity index (χ0v) is 28.7. The summed E-state index contributed by atoms with van der Waals surface area (Å²) in [5.41, 5.74) is -2.12. The number of piperidine rings is 2. The summed E-state index contributed by atoms with van der Waals surface area (Å²) in [5, 5.41) is 24.7. The minimum absolute atomic E-state index is 0.00630. The normalized spacial score (nSPS) is 23.2. The van der Waals surface area contributed by atoms with Gasteiger partial charge in [0.25, 0.3) is 0 Å². The molecule has 0 unspecified atom stereocenters. The maximum absolute atomic E-state index is 13.9. The van der Waals surface area contributed by atoms with E-state index in [-0.39, 0.29) is 40.4 Å². The van der Waals surface area contributed by atoms with Crippen LogP contribution in [-0.4, -0.2) is 67.6 Å². The van der Waals surface area contributed by atoms with Gasteiger partial charge >= 0.3 is 11.9 Å². The van der Waals surface area contributed by atoms with E-state index in [2.05, 4.69) is 79.4 Å². The highest BCUT2D eigenvalue weighted by atomic mass is 16.7. The molecule has 8 nitrogen and oxygen atoms in total. The highest BCUT2D eigenvalue weighted by Crippen LogP contribution is 2.58. The Kier molecular flexibility index (Phi) is 12.9. The molecule has 42 heavy (non-hydrogen) atoms. The summed E-state index contributed by atoms with van der Waals surface area (Å²) >= 11 is 0. The largest absolute Gasteiger partial charge is 0.481 e. The smallest absolute Gasteiger partial charge is 0.310 e. The molecule has 0 saturated carbocycles. The number of hydroxylamine groups is 4. The summed E-state index contributed by atoms with van der Waals surface area (Å²) in [6, 6.07) is 0. The lowest BCUT2D eigenvalue weighted by Gasteiger charge is -2.61. The second kappa shape index (κ2) is 14.7. The second-order valence-electron chi connectivity index (χ2n) is 15.7. The Labute approximate surface area is 256 Å². The fraction of sp³-hybridized carbons (Fsp3) is 0.941. The van der Waals surface area contributed by atoms with Crippen LogP contribution in [0.1, 0.15) is 153 Å². The molecule has 2 heterocycles. The molecule has 0 atom stereocenters. The Morgan fingerprint density at radius 1 is 0.667 bits per heavy atom. The van der Waals surface area contributed by atoms with Crippen LogP contribution in [0.4, 0.5) is 0 Å². The quantitative estimate of drug-likeness (QED) is 0.163. The van der Waals surface area contributed by atoms with Crippen LogP contribution in [0.2, 0.25) is 0 Å². The van der Waals surface area contributed by atoms with Crippen LogP contribution >= 0.6 is 0 Å². The van der Waals surface area contributed by atoms with Crippen molar-refractivity contribution < 1.29 is 29.5 Å². The first-order valence-electron chi connectivity index (χ1n) is 16.7. The third-order valence-electron chi connectivity index (χ3n) is 9.87. The third-order valence-corrected chi connectivity index (χ3v) is 9.87. The van der Waals surface area contributed by atoms with E-state index < -0.39 is 17.4 Å². The monoisotopic (exact) mass is 596 g/mol. The summed E-state index contributed by atoms with van der Waals surface area (Å²) in [5.74, 6) is -1.42. The van der Waals surface area contributed by atoms with Crippen molar-refractivity contribution in [2.45, 2.75) is 175 Å². The van der Waals surface area contributed by atoms with Gasteiger partial charge in [0.2, 0.25) is 0 Å². The SMILES string of the molecule is CCCON1C(C)(C)CC(C(CCCCCCCC(=O)O)(C(=O)O)C2CC(C)(C)N(OCCC)C(C)(C)C2)CC1(C)C. The number of rotatable bonds is 17. The van der Waals surface area contributed by atoms with Crippen molar-refractivity contribution in [3.63, 3.8) is 0 Å². The molecule has 8 heteroatoms. The highest BCUT2D eigenvalue weighted by Gasteiger charge is 2.61. The van der Waals surface area contributed by atoms with Crippen LogP contribution in [-0.2, 0) is 19.3 Å². The minimum Gasteiger partial charge on any atom is -0.481 e. The molecule has 2 N–H and O–H groups in total. The predicted octanol–water partition coefficient (Wildman–Crippen LogP) is 8.09. The van der Waals surface area contributed by atoms with Crippen LogP contribution in [0.25, 0.3) is 0 Å². The van der Waals surface area contributed by atoms with E-state index in [4.69, 9.17) is 14.8 Å². The number of carboxylic acid groups (broad SMARTS) is 2. The van der Waals surface area contributed by atoms with Gasteiger partial charge in [0.05, 0.1) is 18.6 Å². The number of unbranched alkanes of at least 4 members (excludes halogenated alkanes) is 4. The van der Waals surface area contributed by atoms with E-state index in [1.54, 1.807) is 0 Å². The van der Waals surface area contributed by atoms with Gasteiger partial charge in [0.1, 0.15) is 0 Å². The van der Waals surface area contributed by atoms with Gasteiger partial charge in [-0.1, -0.05) is 39.5 Å². The maximum Gasteiger partial charge on any atom is 0.310 e. The fourth-order valence-corrected chi connectivity index (χ4v) is 8.74. The topological polar surface area (TPSA) is 99.5 Å². The summed E-state index contributed by atoms with van der Waals surface area (Å²) in [4.78, 5) is 37.4. The zero-order valence-electron chi connectivity index (χ0n) is 28.7. The molecule has 0 aromatic heterocycles. The molecular weight excluding hydrogens is 532 g/mol. The average molecular weight is 597 g/mol. The molecule has 2 aliphatic heterocycles. The first-order valence-corrected chi connectivity index (χ1v) is 16.7. The lowest BCUT2D eigenvalue weighted by Crippen LogP contribution is -2.67. The Hall–Kier alpha value is -1.22. The molecule has 2 rings (SSSR count). The Morgan fingerprint density at radius 3 is 1.36 bits per heavy atom. The summed E-state index contributed by atoms with van der Waals surface area (Å²) < 4.78 is 0. The minimum atomic E-state index is -0.877. The molecule has 0 spiro atoms. The highest BCUT2D eigenvalue weighted by molar-refractivity contribution is 5.76. The van der Waals surface area contributed by atoms with Gasteiger partial charge in [0, 0.05) is 28.6 Å². The van der Waals surface area contributed by atoms with E-state index in [1.165, 1.54) is 0 Å². The summed E-state index contributed by atoms with van der Waals surface area (Å²) in [6.07, 6.45) is 9.98. The van der Waals surface area contributed by atoms with Crippen molar-refractivity contribution in [1.29, 1.82) is 0 Å². The van der Waals surface area contributed by atoms with Gasteiger partial charge in [-0.25, -0.2) is 0 Å². The fourth-order valence-electron chi connectivity index (χ4n) is 8.74. The maximum atomic E-state index is 13.9. The zero-order chi connectivity index (χ0) is 32.0. The second-order valence-corrected chi connectivity index (χ2v) is 15.7. The van der Waals surface area contributed by atoms with Crippen LogP contribution in [0, 0.1) is 17.3 Å². The number of nitrogens with zero attached hydrogens (tertiary/aromatic N) is 2. The number of carboxylic acids is 2. The Morgan fingerprint density at radius 2 is 1.02 bits per heavy atom. The van der Waals surface area contributed by atoms with Gasteiger partial charge < -0.3 is 10.2 Å². The first-order chi connectivity index (χ1) is 19.4. The lowest BCUT2D eigenvalue weighted by molar-refractivity contribution is -0.306. The molecular formula is C34H64N2O6. The van der Waals surface area contributed by atoms with E-state index in [0.29, 0.717) is 26.1 Å². The van der Waals surface area contributed by atoms with Gasteiger partial charge in [-0.3, -0.25) is 19.3 Å². The molecule has 2 fully saturated rings. The molecule has 2 saturated heterocycles. The Bertz CT molecular complexity index is 799.